The van der Waals surface area contributed by atoms with Crippen LogP contribution in [0.2, 0.25) is 0 Å². The summed E-state index contributed by atoms with van der Waals surface area (Å²) in [6, 6.07) is 2.98. The Hall–Kier alpha value is -2.74. The lowest BCUT2D eigenvalue weighted by atomic mass is 9.96. The molecule has 1 aliphatic carbocycles. The van der Waals surface area contributed by atoms with Gasteiger partial charge < -0.3 is 10.1 Å². The molecule has 0 fully saturated rings. The average Bonchev–Trinajstić information content (AvgIpc) is 3.07. The Morgan fingerprint density at radius 3 is 2.74 bits per heavy atom. The van der Waals surface area contributed by atoms with Crippen LogP contribution in [0.1, 0.15) is 44.8 Å². The molecule has 1 heterocycles. The highest BCUT2D eigenvalue weighted by Gasteiger charge is 2.23. The highest BCUT2D eigenvalue weighted by atomic mass is 32.1. The first-order valence-corrected chi connectivity index (χ1v) is 9.57. The van der Waals surface area contributed by atoms with E-state index in [1.54, 1.807) is 36.6 Å². The minimum absolute atomic E-state index is 0.133. The fraction of sp³-hybridized carbons (Fsp3) is 0.368. The Morgan fingerprint density at radius 1 is 1.26 bits per heavy atom. The van der Waals surface area contributed by atoms with Crippen molar-refractivity contribution in [3.63, 3.8) is 0 Å². The Kier molecular flexibility index (Phi) is 5.55. The predicted molar refractivity (Wildman–Crippen MR) is 102 cm³/mol. The van der Waals surface area contributed by atoms with Crippen LogP contribution in [0.15, 0.2) is 17.5 Å². The second-order valence-corrected chi connectivity index (χ2v) is 7.51. The van der Waals surface area contributed by atoms with Gasteiger partial charge in [-0.3, -0.25) is 14.9 Å². The lowest BCUT2D eigenvalue weighted by Crippen LogP contribution is -2.22. The van der Waals surface area contributed by atoms with Crippen molar-refractivity contribution >= 4 is 34.6 Å². The Balaban J connectivity index is 1.67. The third-order valence-corrected chi connectivity index (χ3v) is 5.88. The van der Waals surface area contributed by atoms with Gasteiger partial charge in [-0.25, -0.2) is 4.79 Å². The van der Waals surface area contributed by atoms with Crippen LogP contribution in [0.25, 0.3) is 0 Å². The van der Waals surface area contributed by atoms with Crippen molar-refractivity contribution in [2.45, 2.75) is 39.5 Å². The van der Waals surface area contributed by atoms with E-state index in [0.717, 1.165) is 36.8 Å². The second-order valence-electron chi connectivity index (χ2n) is 6.54. The number of amides is 1. The van der Waals surface area contributed by atoms with Crippen molar-refractivity contribution in [3.05, 3.63) is 54.8 Å². The number of fused-ring (bicyclic) bond motifs is 1. The van der Waals surface area contributed by atoms with E-state index in [0.29, 0.717) is 11.1 Å². The zero-order valence-electron chi connectivity index (χ0n) is 15.2. The summed E-state index contributed by atoms with van der Waals surface area (Å²) in [7, 11) is 0. The monoisotopic (exact) mass is 388 g/mol. The molecule has 1 N–H and O–H groups in total. The maximum absolute atomic E-state index is 12.3. The number of benzene rings is 1. The van der Waals surface area contributed by atoms with Gasteiger partial charge in [0.15, 0.2) is 6.61 Å². The van der Waals surface area contributed by atoms with Gasteiger partial charge in [0.25, 0.3) is 11.6 Å². The van der Waals surface area contributed by atoms with Crippen molar-refractivity contribution in [2.75, 3.05) is 11.9 Å². The molecule has 8 heteroatoms. The summed E-state index contributed by atoms with van der Waals surface area (Å²) < 4.78 is 5.14. The molecule has 3 rings (SSSR count). The van der Waals surface area contributed by atoms with E-state index in [1.165, 1.54) is 10.9 Å². The smallest absolute Gasteiger partial charge is 0.339 e. The number of esters is 1. The quantitative estimate of drug-likeness (QED) is 0.475. The number of anilines is 1. The lowest BCUT2D eigenvalue weighted by molar-refractivity contribution is -0.384. The number of hydrogen-bond acceptors (Lipinski definition) is 6. The molecule has 1 amide bonds. The molecule has 0 radical (unpaired) electrons. The number of nitro benzene ring substituents is 1. The molecule has 0 spiro atoms. The summed E-state index contributed by atoms with van der Waals surface area (Å²) in [6.07, 6.45) is 3.99. The molecular weight excluding hydrogens is 368 g/mol. The number of carbonyl (C=O) groups excluding carboxylic acids is 2. The van der Waals surface area contributed by atoms with Crippen molar-refractivity contribution in [1.29, 1.82) is 0 Å². The first-order chi connectivity index (χ1) is 12.9. The Labute approximate surface area is 160 Å². The van der Waals surface area contributed by atoms with Crippen LogP contribution in [0.5, 0.6) is 0 Å². The largest absolute Gasteiger partial charge is 0.452 e. The predicted octanol–water partition coefficient (Wildman–Crippen LogP) is 3.95. The molecule has 7 nitrogen and oxygen atoms in total. The van der Waals surface area contributed by atoms with E-state index < -0.39 is 23.4 Å². The van der Waals surface area contributed by atoms with Crippen LogP contribution < -0.4 is 5.32 Å². The fourth-order valence-electron chi connectivity index (χ4n) is 3.16. The third-order valence-electron chi connectivity index (χ3n) is 4.79. The fourth-order valence-corrected chi connectivity index (χ4v) is 4.28. The zero-order chi connectivity index (χ0) is 19.6. The molecule has 0 aliphatic heterocycles. The minimum Gasteiger partial charge on any atom is -0.452 e. The molecular formula is C19H20N2O5S. The van der Waals surface area contributed by atoms with Gasteiger partial charge >= 0.3 is 5.97 Å². The first kappa shape index (κ1) is 19.0. The van der Waals surface area contributed by atoms with Gasteiger partial charge in [-0.05, 0) is 56.2 Å². The van der Waals surface area contributed by atoms with Crippen LogP contribution in [-0.4, -0.2) is 23.4 Å². The topological polar surface area (TPSA) is 98.5 Å². The van der Waals surface area contributed by atoms with E-state index in [2.05, 4.69) is 5.32 Å². The summed E-state index contributed by atoms with van der Waals surface area (Å²) in [5.41, 5.74) is 2.93. The second kappa shape index (κ2) is 7.87. The molecule has 142 valence electrons. The van der Waals surface area contributed by atoms with Crippen LogP contribution in [0.4, 0.5) is 11.4 Å². The summed E-state index contributed by atoms with van der Waals surface area (Å²) in [5, 5.41) is 15.5. The summed E-state index contributed by atoms with van der Waals surface area (Å²) in [6.45, 7) is 3.00. The molecule has 1 aliphatic rings. The number of nitrogens with one attached hydrogen (secondary N) is 1. The van der Waals surface area contributed by atoms with E-state index >= 15 is 0 Å². The standard InChI is InChI=1S/C19H20N2O5S/c1-11-7-8-15(21(24)25)18(12(11)2)20-17(22)9-26-19(23)14-10-27-16-6-4-3-5-13(14)16/h7-8,10H,3-6,9H2,1-2H3,(H,20,22). The molecule has 0 unspecified atom stereocenters. The lowest BCUT2D eigenvalue weighted by Gasteiger charge is -2.13. The molecule has 0 bridgehead atoms. The SMILES string of the molecule is Cc1ccc([N+](=O)[O-])c(NC(=O)COC(=O)c2csc3c2CCCC3)c1C. The van der Waals surface area contributed by atoms with Crippen LogP contribution >= 0.6 is 11.3 Å². The van der Waals surface area contributed by atoms with E-state index in [-0.39, 0.29) is 11.4 Å². The van der Waals surface area contributed by atoms with Crippen molar-refractivity contribution in [1.82, 2.24) is 0 Å². The maximum Gasteiger partial charge on any atom is 0.339 e. The van der Waals surface area contributed by atoms with Gasteiger partial charge in [0.2, 0.25) is 0 Å². The van der Waals surface area contributed by atoms with Gasteiger partial charge in [0, 0.05) is 16.3 Å². The highest BCUT2D eigenvalue weighted by molar-refractivity contribution is 7.10. The van der Waals surface area contributed by atoms with Gasteiger partial charge in [-0.1, -0.05) is 6.07 Å². The molecule has 0 saturated carbocycles. The average molecular weight is 388 g/mol. The van der Waals surface area contributed by atoms with Crippen molar-refractivity contribution in [2.24, 2.45) is 0 Å². The molecule has 2 aromatic rings. The molecule has 27 heavy (non-hydrogen) atoms. The molecule has 1 aromatic heterocycles. The number of thiophene rings is 1. The Morgan fingerprint density at radius 2 is 2.00 bits per heavy atom. The number of ether oxygens (including phenoxy) is 1. The van der Waals surface area contributed by atoms with Crippen LogP contribution in [0.3, 0.4) is 0 Å². The van der Waals surface area contributed by atoms with Crippen LogP contribution in [-0.2, 0) is 22.4 Å². The number of carbonyl (C=O) groups is 2. The van der Waals surface area contributed by atoms with Gasteiger partial charge in [-0.2, -0.15) is 0 Å². The molecule has 0 atom stereocenters. The van der Waals surface area contributed by atoms with Crippen LogP contribution in [0, 0.1) is 24.0 Å². The number of rotatable bonds is 5. The van der Waals surface area contributed by atoms with E-state index in [4.69, 9.17) is 4.74 Å². The number of hydrogen-bond donors (Lipinski definition) is 1. The van der Waals surface area contributed by atoms with E-state index in [1.807, 2.05) is 0 Å². The minimum atomic E-state index is -0.607. The Bertz CT molecular complexity index is 919. The van der Waals surface area contributed by atoms with E-state index in [9.17, 15) is 19.7 Å². The number of aryl methyl sites for hydroxylation is 2. The van der Waals surface area contributed by atoms with Crippen molar-refractivity contribution < 1.29 is 19.2 Å². The zero-order valence-corrected chi connectivity index (χ0v) is 16.0. The molecule has 0 saturated heterocycles. The summed E-state index contributed by atoms with van der Waals surface area (Å²) in [5.74, 6) is -1.13. The number of nitro groups is 1. The third kappa shape index (κ3) is 4.00. The van der Waals surface area contributed by atoms with Gasteiger partial charge in [0.1, 0.15) is 5.69 Å². The van der Waals surface area contributed by atoms with Gasteiger partial charge in [-0.15, -0.1) is 11.3 Å². The van der Waals surface area contributed by atoms with Crippen molar-refractivity contribution in [3.8, 4) is 0 Å². The first-order valence-electron chi connectivity index (χ1n) is 8.69. The normalized spacial score (nSPS) is 13.0. The highest BCUT2D eigenvalue weighted by Crippen LogP contribution is 2.31. The number of nitrogens with zero attached hydrogens (tertiary/aromatic N) is 1. The molecule has 1 aromatic carbocycles. The summed E-state index contributed by atoms with van der Waals surface area (Å²) in [4.78, 5) is 36.4. The van der Waals surface area contributed by atoms with Gasteiger partial charge in [0.05, 0.1) is 10.5 Å². The maximum atomic E-state index is 12.3. The summed E-state index contributed by atoms with van der Waals surface area (Å²) >= 11 is 1.55.